The highest BCUT2D eigenvalue weighted by atomic mass is 35.5. The van der Waals surface area contributed by atoms with Crippen LogP contribution in [0.1, 0.15) is 26.2 Å². The molecule has 0 spiro atoms. The Bertz CT molecular complexity index is 539. The monoisotopic (exact) mass is 304 g/mol. The zero-order chi connectivity index (χ0) is 14.5. The Morgan fingerprint density at radius 1 is 1.42 bits per heavy atom. The van der Waals surface area contributed by atoms with Crippen LogP contribution in [-0.4, -0.2) is 26.7 Å². The van der Waals surface area contributed by atoms with E-state index in [0.717, 1.165) is 6.42 Å². The van der Waals surface area contributed by atoms with Crippen LogP contribution >= 0.6 is 11.6 Å². The maximum absolute atomic E-state index is 12.4. The van der Waals surface area contributed by atoms with Crippen LogP contribution in [0.15, 0.2) is 29.2 Å². The van der Waals surface area contributed by atoms with Crippen LogP contribution < -0.4 is 0 Å². The van der Waals surface area contributed by atoms with E-state index >= 15 is 0 Å². The molecule has 1 atom stereocenters. The van der Waals surface area contributed by atoms with E-state index in [1.165, 1.54) is 19.2 Å². The smallest absolute Gasteiger partial charge is 0.324 e. The number of rotatable bonds is 6. The predicted molar refractivity (Wildman–Crippen MR) is 74.0 cm³/mol. The first-order valence-corrected chi connectivity index (χ1v) is 7.93. The van der Waals surface area contributed by atoms with Gasteiger partial charge < -0.3 is 4.74 Å². The van der Waals surface area contributed by atoms with Gasteiger partial charge in [-0.3, -0.25) is 4.79 Å². The van der Waals surface area contributed by atoms with Crippen molar-refractivity contribution in [3.63, 3.8) is 0 Å². The number of benzene rings is 1. The number of methoxy groups -OCH3 is 1. The van der Waals surface area contributed by atoms with Crippen LogP contribution in [0.3, 0.4) is 0 Å². The number of carbonyl (C=O) groups excluding carboxylic acids is 1. The summed E-state index contributed by atoms with van der Waals surface area (Å²) in [6.07, 6.45) is 1.69. The summed E-state index contributed by atoms with van der Waals surface area (Å²) in [6.45, 7) is 1.93. The Hall–Kier alpha value is -1.07. The molecular weight excluding hydrogens is 288 g/mol. The molecular formula is C13H17ClO4S. The van der Waals surface area contributed by atoms with E-state index < -0.39 is 21.1 Å². The summed E-state index contributed by atoms with van der Waals surface area (Å²) in [7, 11) is -2.58. The topological polar surface area (TPSA) is 60.4 Å². The molecule has 0 fully saturated rings. The van der Waals surface area contributed by atoms with Gasteiger partial charge in [0.2, 0.25) is 0 Å². The number of sulfone groups is 1. The minimum atomic E-state index is -3.77. The highest BCUT2D eigenvalue weighted by Gasteiger charge is 2.34. The molecule has 1 aromatic carbocycles. The van der Waals surface area contributed by atoms with Crippen molar-refractivity contribution in [2.75, 3.05) is 7.11 Å². The third-order valence-electron chi connectivity index (χ3n) is 2.78. The van der Waals surface area contributed by atoms with Gasteiger partial charge in [-0.2, -0.15) is 0 Å². The zero-order valence-electron chi connectivity index (χ0n) is 10.9. The standard InChI is InChI=1S/C13H17ClO4S/c1-3-4-8-12(13(15)18-2)19(16,17)11-7-5-6-10(14)9-11/h5-7,9,12H,3-4,8H2,1-2H3. The molecule has 0 aromatic heterocycles. The number of hydrogen-bond donors (Lipinski definition) is 0. The molecule has 1 aromatic rings. The predicted octanol–water partition coefficient (Wildman–Crippen LogP) is 2.85. The van der Waals surface area contributed by atoms with Crippen molar-refractivity contribution in [2.45, 2.75) is 36.3 Å². The van der Waals surface area contributed by atoms with Crippen molar-refractivity contribution in [2.24, 2.45) is 0 Å². The average molecular weight is 305 g/mol. The van der Waals surface area contributed by atoms with Gasteiger partial charge >= 0.3 is 5.97 Å². The summed E-state index contributed by atoms with van der Waals surface area (Å²) < 4.78 is 29.5. The largest absolute Gasteiger partial charge is 0.468 e. The first-order chi connectivity index (χ1) is 8.93. The maximum atomic E-state index is 12.4. The molecule has 1 rings (SSSR count). The molecule has 0 heterocycles. The van der Waals surface area contributed by atoms with E-state index in [0.29, 0.717) is 11.4 Å². The molecule has 0 saturated heterocycles. The molecule has 4 nitrogen and oxygen atoms in total. The number of hydrogen-bond acceptors (Lipinski definition) is 4. The van der Waals surface area contributed by atoms with Gasteiger partial charge in [-0.15, -0.1) is 0 Å². The Labute approximate surface area is 118 Å². The van der Waals surface area contributed by atoms with E-state index in [1.54, 1.807) is 12.1 Å². The van der Waals surface area contributed by atoms with Gasteiger partial charge in [0.1, 0.15) is 0 Å². The quantitative estimate of drug-likeness (QED) is 0.758. The second-order valence-corrected chi connectivity index (χ2v) is 6.72. The molecule has 6 heteroatoms. The summed E-state index contributed by atoms with van der Waals surface area (Å²) in [6, 6.07) is 5.91. The SMILES string of the molecule is CCCCC(C(=O)OC)S(=O)(=O)c1cccc(Cl)c1. The van der Waals surface area contributed by atoms with E-state index in [9.17, 15) is 13.2 Å². The maximum Gasteiger partial charge on any atom is 0.324 e. The van der Waals surface area contributed by atoms with Crippen molar-refractivity contribution < 1.29 is 17.9 Å². The fraction of sp³-hybridized carbons (Fsp3) is 0.462. The van der Waals surface area contributed by atoms with E-state index in [1.807, 2.05) is 6.92 Å². The second kappa shape index (κ2) is 6.91. The zero-order valence-corrected chi connectivity index (χ0v) is 12.5. The first kappa shape index (κ1) is 16.0. The fourth-order valence-corrected chi connectivity index (χ4v) is 3.70. The molecule has 0 bridgehead atoms. The second-order valence-electron chi connectivity index (χ2n) is 4.16. The van der Waals surface area contributed by atoms with Crippen molar-refractivity contribution >= 4 is 27.4 Å². The lowest BCUT2D eigenvalue weighted by atomic mass is 10.2. The number of esters is 1. The van der Waals surface area contributed by atoms with E-state index in [2.05, 4.69) is 4.74 Å². The van der Waals surface area contributed by atoms with Crippen LogP contribution in [0.4, 0.5) is 0 Å². The molecule has 106 valence electrons. The normalized spacial score (nSPS) is 13.0. The van der Waals surface area contributed by atoms with Gasteiger partial charge in [-0.25, -0.2) is 8.42 Å². The fourth-order valence-electron chi connectivity index (χ4n) is 1.73. The van der Waals surface area contributed by atoms with Crippen LogP contribution in [0.2, 0.25) is 5.02 Å². The molecule has 0 amide bonds. The molecule has 0 aliphatic heterocycles. The number of carbonyl (C=O) groups is 1. The van der Waals surface area contributed by atoms with Crippen LogP contribution in [0.5, 0.6) is 0 Å². The van der Waals surface area contributed by atoms with Crippen LogP contribution in [0, 0.1) is 0 Å². The minimum Gasteiger partial charge on any atom is -0.468 e. The number of unbranched alkanes of at least 4 members (excludes halogenated alkanes) is 1. The number of halogens is 1. The summed E-state index contributed by atoms with van der Waals surface area (Å²) in [5.41, 5.74) is 0. The van der Waals surface area contributed by atoms with Gasteiger partial charge in [0, 0.05) is 5.02 Å². The third kappa shape index (κ3) is 3.94. The lowest BCUT2D eigenvalue weighted by molar-refractivity contribution is -0.140. The summed E-state index contributed by atoms with van der Waals surface area (Å²) in [4.78, 5) is 11.7. The molecule has 19 heavy (non-hydrogen) atoms. The Morgan fingerprint density at radius 2 is 2.11 bits per heavy atom. The lowest BCUT2D eigenvalue weighted by Crippen LogP contribution is -2.31. The van der Waals surface area contributed by atoms with Gasteiger partial charge in [-0.1, -0.05) is 37.4 Å². The van der Waals surface area contributed by atoms with Crippen molar-refractivity contribution in [1.29, 1.82) is 0 Å². The van der Waals surface area contributed by atoms with E-state index in [4.69, 9.17) is 11.6 Å². The van der Waals surface area contributed by atoms with Crippen molar-refractivity contribution in [3.8, 4) is 0 Å². The first-order valence-electron chi connectivity index (χ1n) is 6.00. The van der Waals surface area contributed by atoms with Crippen molar-refractivity contribution in [1.82, 2.24) is 0 Å². The highest BCUT2D eigenvalue weighted by Crippen LogP contribution is 2.23. The van der Waals surface area contributed by atoms with Crippen LogP contribution in [-0.2, 0) is 19.4 Å². The van der Waals surface area contributed by atoms with Gasteiger partial charge in [0.05, 0.1) is 12.0 Å². The van der Waals surface area contributed by atoms with Gasteiger partial charge in [0.15, 0.2) is 15.1 Å². The van der Waals surface area contributed by atoms with Crippen molar-refractivity contribution in [3.05, 3.63) is 29.3 Å². The summed E-state index contributed by atoms with van der Waals surface area (Å²) in [5.74, 6) is -0.728. The summed E-state index contributed by atoms with van der Waals surface area (Å²) in [5, 5.41) is -0.851. The van der Waals surface area contributed by atoms with E-state index in [-0.39, 0.29) is 11.3 Å². The molecule has 0 radical (unpaired) electrons. The minimum absolute atomic E-state index is 0.0477. The van der Waals surface area contributed by atoms with Crippen LogP contribution in [0.25, 0.3) is 0 Å². The highest BCUT2D eigenvalue weighted by molar-refractivity contribution is 7.92. The average Bonchev–Trinajstić information content (AvgIpc) is 2.38. The Kier molecular flexibility index (Phi) is 5.82. The molecule has 0 saturated carbocycles. The Balaban J connectivity index is 3.15. The summed E-state index contributed by atoms with van der Waals surface area (Å²) >= 11 is 5.79. The number of ether oxygens (including phenoxy) is 1. The molecule has 0 aliphatic rings. The molecule has 0 aliphatic carbocycles. The Morgan fingerprint density at radius 3 is 2.63 bits per heavy atom. The molecule has 0 N–H and O–H groups in total. The molecule has 1 unspecified atom stereocenters. The lowest BCUT2D eigenvalue weighted by Gasteiger charge is -2.15. The van der Waals surface area contributed by atoms with Gasteiger partial charge in [-0.05, 0) is 24.6 Å². The third-order valence-corrected chi connectivity index (χ3v) is 5.11. The van der Waals surface area contributed by atoms with Gasteiger partial charge in [0.25, 0.3) is 0 Å².